The predicted molar refractivity (Wildman–Crippen MR) is 312 cm³/mol. The number of imidazole rings is 2. The Morgan fingerprint density at radius 3 is 2.17 bits per heavy atom. The zero-order valence-corrected chi connectivity index (χ0v) is 48.3. The normalized spacial score (nSPS) is 25.6. The molecule has 3 saturated heterocycles. The molecular weight excluding hydrogens is 1180 g/mol. The van der Waals surface area contributed by atoms with E-state index in [0.717, 1.165) is 35.6 Å². The van der Waals surface area contributed by atoms with Crippen LogP contribution in [0.25, 0.3) is 44.8 Å². The largest absolute Gasteiger partial charge is 0.492 e. The van der Waals surface area contributed by atoms with Gasteiger partial charge in [-0.25, -0.2) is 47.7 Å². The van der Waals surface area contributed by atoms with E-state index in [0.29, 0.717) is 47.9 Å². The first-order chi connectivity index (χ1) is 41.6. The van der Waals surface area contributed by atoms with Crippen molar-refractivity contribution in [2.45, 2.75) is 81.4 Å². The summed E-state index contributed by atoms with van der Waals surface area (Å²) in [4.78, 5) is 49.4. The Hall–Kier alpha value is -7.98. The molecule has 1 amide bonds. The molecule has 5 aromatic heterocycles. The number of halogens is 2. The SMILES string of the molecule is B[P@@]1(=O)OC[C@H]2O[C@@H](n3cnc4c(N)ccnc43)[C@H](F)[C@@H]2O[P@@](=O)(SCc2ccc(OC(=O)c3ccc(OCCn4nnc5c4-c4ccccc4CN(C(=O)CC)c4ccccc4-5)cc3)cc2)OC[C@H]2O[C@@H](n3cnc4c(N)ncnc43)[C@H](F)[C@@H]2O1. The number of aromatic nitrogens is 10. The van der Waals surface area contributed by atoms with Crippen LogP contribution < -0.4 is 25.8 Å². The number of nitrogens with two attached hydrogens (primary N) is 2. The molecule has 86 heavy (non-hydrogen) atoms. The highest BCUT2D eigenvalue weighted by atomic mass is 32.7. The van der Waals surface area contributed by atoms with Gasteiger partial charge in [0.05, 0.1) is 61.6 Å². The van der Waals surface area contributed by atoms with Crippen LogP contribution in [0, 0.1) is 0 Å². The Labute approximate surface area is 492 Å². The minimum Gasteiger partial charge on any atom is -0.492 e. The number of esters is 1. The topological polar surface area (TPSA) is 302 Å². The van der Waals surface area contributed by atoms with E-state index >= 15 is 13.3 Å². The van der Waals surface area contributed by atoms with Crippen molar-refractivity contribution < 1.29 is 64.5 Å². The number of rotatable bonds is 12. The van der Waals surface area contributed by atoms with Gasteiger partial charge in [-0.2, -0.15) is 0 Å². The molecule has 0 unspecified atom stereocenters. The molecule has 13 rings (SSSR count). The standard InChI is InChI=1S/C55H52BF2N13O12P2S/c1-2-41(72)68-23-32-7-3-4-8-35(32)47-44(36-9-5-6-10-38(36)68)66-67-71(47)21-22-76-33-17-13-31(14-18-33)55(73)79-34-15-11-30(12-16-34)26-86-85(75)78-25-40-48(42(57)53(81-40)70-29-65-46-50(60)62-27-63-52(46)70)82-84(56,74)77-24-39-49(83-85)43(58)54(80-39)69-28-64-45-37(59)19-20-61-51(45)69/h3-20,27-29,39-40,42-43,48-49,53-54H,2,21-26,56H2,1H3,(H2,59,61)(H2,60,62,63)/t39-,40-,42-,43-,48-,49-,53-,54-,84-,85+/m1/s1. The third-order valence-electron chi connectivity index (χ3n) is 15.0. The highest BCUT2D eigenvalue weighted by Gasteiger charge is 2.55. The maximum absolute atomic E-state index is 17.1. The molecule has 9 heterocycles. The number of nitrogens with zero attached hydrogens (tertiary/aromatic N) is 11. The number of nitrogen functional groups attached to an aromatic ring is 2. The Morgan fingerprint density at radius 2 is 1.43 bits per heavy atom. The highest BCUT2D eigenvalue weighted by molar-refractivity contribution is 8.54. The van der Waals surface area contributed by atoms with E-state index in [9.17, 15) is 14.2 Å². The number of para-hydroxylation sites is 1. The molecule has 0 radical (unpaired) electrons. The van der Waals surface area contributed by atoms with Crippen LogP contribution in [0.1, 0.15) is 47.3 Å². The summed E-state index contributed by atoms with van der Waals surface area (Å²) in [5.74, 6) is 0.00603. The van der Waals surface area contributed by atoms with Crippen molar-refractivity contribution in [1.82, 2.24) is 49.0 Å². The van der Waals surface area contributed by atoms with E-state index < -0.39 is 82.7 Å². The van der Waals surface area contributed by atoms with E-state index in [2.05, 4.69) is 35.2 Å². The van der Waals surface area contributed by atoms with Gasteiger partial charge in [0.1, 0.15) is 65.6 Å². The summed E-state index contributed by atoms with van der Waals surface area (Å²) in [5.41, 5.74) is 18.8. The number of hydrogen-bond acceptors (Lipinski definition) is 22. The molecule has 25 nitrogen and oxygen atoms in total. The predicted octanol–water partition coefficient (Wildman–Crippen LogP) is 7.99. The number of alkyl halides is 2. The number of pyridine rings is 1. The number of hydrogen-bond donors (Lipinski definition) is 2. The van der Waals surface area contributed by atoms with Crippen LogP contribution in [0.4, 0.5) is 26.0 Å². The van der Waals surface area contributed by atoms with Gasteiger partial charge < -0.3 is 44.4 Å². The second-order valence-corrected chi connectivity index (χ2v) is 26.5. The van der Waals surface area contributed by atoms with Gasteiger partial charge in [-0.3, -0.25) is 27.5 Å². The molecule has 4 N–H and O–H groups in total. The Kier molecular flexibility index (Phi) is 15.5. The number of carbonyl (C=O) groups excluding carboxylic acids is 2. The second kappa shape index (κ2) is 23.4. The monoisotopic (exact) mass is 1230 g/mol. The van der Waals surface area contributed by atoms with Crippen LogP contribution in [0.2, 0.25) is 0 Å². The lowest BCUT2D eigenvalue weighted by Gasteiger charge is -2.30. The summed E-state index contributed by atoms with van der Waals surface area (Å²) in [6, 6.07) is 29.9. The van der Waals surface area contributed by atoms with Gasteiger partial charge in [0.25, 0.3) is 15.0 Å². The zero-order valence-electron chi connectivity index (χ0n) is 45.7. The first kappa shape index (κ1) is 57.1. The molecule has 0 spiro atoms. The van der Waals surface area contributed by atoms with Crippen molar-refractivity contribution in [1.29, 1.82) is 0 Å². The van der Waals surface area contributed by atoms with Gasteiger partial charge in [-0.05, 0) is 71.0 Å². The van der Waals surface area contributed by atoms with Crippen LogP contribution in [0.3, 0.4) is 0 Å². The molecule has 31 heteroatoms. The number of anilines is 3. The van der Waals surface area contributed by atoms with Gasteiger partial charge in [0.2, 0.25) is 5.91 Å². The molecule has 0 aliphatic carbocycles. The van der Waals surface area contributed by atoms with E-state index in [1.165, 1.54) is 40.4 Å². The highest BCUT2D eigenvalue weighted by Crippen LogP contribution is 2.65. The van der Waals surface area contributed by atoms with Crippen LogP contribution in [0.5, 0.6) is 11.5 Å². The first-order valence-corrected chi connectivity index (χ1v) is 32.3. The van der Waals surface area contributed by atoms with Crippen LogP contribution in [-0.4, -0.2) is 125 Å². The summed E-state index contributed by atoms with van der Waals surface area (Å²) < 4.78 is 116. The summed E-state index contributed by atoms with van der Waals surface area (Å²) >= 11 is 0.691. The second-order valence-electron chi connectivity index (χ2n) is 20.5. The van der Waals surface area contributed by atoms with E-state index in [4.69, 9.17) is 48.5 Å². The number of amides is 1. The molecule has 0 saturated carbocycles. The number of fused-ring (bicyclic) bond motifs is 9. The summed E-state index contributed by atoms with van der Waals surface area (Å²) in [6.07, 6.45) is -7.79. The lowest BCUT2D eigenvalue weighted by Crippen LogP contribution is -2.37. The molecular formula is C55H52BF2N13O12P2S. The maximum Gasteiger partial charge on any atom is 0.389 e. The van der Waals surface area contributed by atoms with Gasteiger partial charge in [-0.15, -0.1) is 5.10 Å². The molecule has 0 bridgehead atoms. The quantitative estimate of drug-likeness (QED) is 0.0506. The van der Waals surface area contributed by atoms with Crippen LogP contribution >= 0.6 is 25.7 Å². The fraction of sp³-hybridized carbons (Fsp3) is 0.291. The van der Waals surface area contributed by atoms with Crippen LogP contribution in [0.15, 0.2) is 128 Å². The van der Waals surface area contributed by atoms with Gasteiger partial charge in [-0.1, -0.05) is 66.7 Å². The first-order valence-electron chi connectivity index (χ1n) is 27.1. The van der Waals surface area contributed by atoms with Gasteiger partial charge in [0, 0.05) is 29.5 Å². The molecule has 4 aromatic carbocycles. The number of ether oxygens (including phenoxy) is 4. The van der Waals surface area contributed by atoms with E-state index in [-0.39, 0.29) is 63.4 Å². The average molecular weight is 1230 g/mol. The van der Waals surface area contributed by atoms with Crippen molar-refractivity contribution in [3.05, 3.63) is 145 Å². The smallest absolute Gasteiger partial charge is 0.389 e. The lowest BCUT2D eigenvalue weighted by atomic mass is 9.95. The molecule has 3 fully saturated rings. The Balaban J connectivity index is 0.686. The molecule has 9 aromatic rings. The fourth-order valence-electron chi connectivity index (χ4n) is 10.7. The minimum absolute atomic E-state index is 0.00232. The molecule has 442 valence electrons. The molecule has 4 aliphatic rings. The maximum atomic E-state index is 17.1. The Bertz CT molecular complexity index is 4150. The van der Waals surface area contributed by atoms with Crippen molar-refractivity contribution in [3.8, 4) is 34.0 Å². The number of carbonyl (C=O) groups is 2. The molecule has 10 atom stereocenters. The van der Waals surface area contributed by atoms with E-state index in [1.54, 1.807) is 58.1 Å². The van der Waals surface area contributed by atoms with Crippen molar-refractivity contribution in [2.75, 3.05) is 36.2 Å². The fourth-order valence-corrected chi connectivity index (χ4v) is 15.3. The summed E-state index contributed by atoms with van der Waals surface area (Å²) in [5, 5.41) is 9.15. The summed E-state index contributed by atoms with van der Waals surface area (Å²) in [6.45, 7) is -3.10. The van der Waals surface area contributed by atoms with Crippen molar-refractivity contribution in [3.63, 3.8) is 0 Å². The third kappa shape index (κ3) is 11.0. The molecule has 4 aliphatic heterocycles. The average Bonchev–Trinajstić information content (AvgIpc) is 1.87. The minimum atomic E-state index is -4.58. The zero-order chi connectivity index (χ0) is 59.4. The van der Waals surface area contributed by atoms with Crippen LogP contribution in [-0.2, 0) is 60.3 Å². The van der Waals surface area contributed by atoms with Crippen molar-refractivity contribution >= 4 is 84.6 Å². The number of benzene rings is 4. The van der Waals surface area contributed by atoms with Crippen molar-refractivity contribution in [2.24, 2.45) is 0 Å². The third-order valence-corrected chi connectivity index (χ3v) is 19.9. The van der Waals surface area contributed by atoms with Gasteiger partial charge in [0.15, 0.2) is 41.9 Å². The van der Waals surface area contributed by atoms with Gasteiger partial charge >= 0.3 is 12.8 Å². The summed E-state index contributed by atoms with van der Waals surface area (Å²) in [7, 11) is -3.11. The lowest BCUT2D eigenvalue weighted by molar-refractivity contribution is -0.118. The van der Waals surface area contributed by atoms with E-state index in [1.807, 2.05) is 55.5 Å². The Morgan fingerprint density at radius 1 is 0.767 bits per heavy atom.